The van der Waals surface area contributed by atoms with Gasteiger partial charge in [-0.3, -0.25) is 4.90 Å². The van der Waals surface area contributed by atoms with E-state index >= 15 is 0 Å². The standard InChI is InChI=1S/C13H28N2/c1-7-15(9-11(2)3)10-13(6)8-14-12(4)5/h12-14H,2,7-10H2,1,3-6H3. The topological polar surface area (TPSA) is 15.3 Å². The summed E-state index contributed by atoms with van der Waals surface area (Å²) in [6.07, 6.45) is 0. The first-order valence-electron chi connectivity index (χ1n) is 6.05. The van der Waals surface area contributed by atoms with Crippen LogP contribution in [0.25, 0.3) is 0 Å². The van der Waals surface area contributed by atoms with Crippen molar-refractivity contribution >= 4 is 0 Å². The SMILES string of the molecule is C=C(C)CN(CC)CC(C)CNC(C)C. The van der Waals surface area contributed by atoms with Crippen LogP contribution in [-0.2, 0) is 0 Å². The van der Waals surface area contributed by atoms with Crippen molar-refractivity contribution in [2.24, 2.45) is 5.92 Å². The zero-order valence-electron chi connectivity index (χ0n) is 11.1. The molecule has 0 saturated carbocycles. The molecule has 1 unspecified atom stereocenters. The van der Waals surface area contributed by atoms with Gasteiger partial charge in [-0.25, -0.2) is 0 Å². The van der Waals surface area contributed by atoms with Crippen LogP contribution in [0.1, 0.15) is 34.6 Å². The van der Waals surface area contributed by atoms with Crippen LogP contribution in [0.3, 0.4) is 0 Å². The van der Waals surface area contributed by atoms with Crippen molar-refractivity contribution in [1.82, 2.24) is 10.2 Å². The van der Waals surface area contributed by atoms with Gasteiger partial charge in [0.15, 0.2) is 0 Å². The van der Waals surface area contributed by atoms with Crippen LogP contribution in [0.4, 0.5) is 0 Å². The van der Waals surface area contributed by atoms with Crippen LogP contribution in [0.15, 0.2) is 12.2 Å². The highest BCUT2D eigenvalue weighted by Gasteiger charge is 2.08. The Bertz CT molecular complexity index is 175. The lowest BCUT2D eigenvalue weighted by atomic mass is 10.1. The van der Waals surface area contributed by atoms with E-state index in [0.717, 1.165) is 26.2 Å². The van der Waals surface area contributed by atoms with Gasteiger partial charge in [0.05, 0.1) is 0 Å². The van der Waals surface area contributed by atoms with Gasteiger partial charge in [0.1, 0.15) is 0 Å². The first-order valence-corrected chi connectivity index (χ1v) is 6.05. The Labute approximate surface area is 95.7 Å². The van der Waals surface area contributed by atoms with E-state index in [1.165, 1.54) is 5.57 Å². The fourth-order valence-electron chi connectivity index (χ4n) is 1.63. The summed E-state index contributed by atoms with van der Waals surface area (Å²) < 4.78 is 0. The molecule has 0 bridgehead atoms. The lowest BCUT2D eigenvalue weighted by Crippen LogP contribution is -2.36. The maximum absolute atomic E-state index is 3.97. The highest BCUT2D eigenvalue weighted by molar-refractivity contribution is 4.91. The predicted molar refractivity (Wildman–Crippen MR) is 69.2 cm³/mol. The monoisotopic (exact) mass is 212 g/mol. The first-order chi connectivity index (χ1) is 6.95. The molecule has 0 aromatic heterocycles. The van der Waals surface area contributed by atoms with E-state index in [9.17, 15) is 0 Å². The Morgan fingerprint density at radius 3 is 2.33 bits per heavy atom. The van der Waals surface area contributed by atoms with Crippen molar-refractivity contribution in [3.63, 3.8) is 0 Å². The van der Waals surface area contributed by atoms with Crippen molar-refractivity contribution in [3.05, 3.63) is 12.2 Å². The minimum Gasteiger partial charge on any atom is -0.314 e. The van der Waals surface area contributed by atoms with Gasteiger partial charge in [-0.2, -0.15) is 0 Å². The third kappa shape index (κ3) is 8.64. The third-order valence-electron chi connectivity index (χ3n) is 2.39. The molecule has 1 N–H and O–H groups in total. The fraction of sp³-hybridized carbons (Fsp3) is 0.846. The second kappa shape index (κ2) is 7.89. The molecule has 0 fully saturated rings. The molecule has 0 aromatic rings. The van der Waals surface area contributed by atoms with Crippen LogP contribution >= 0.6 is 0 Å². The molecule has 0 aromatic carbocycles. The van der Waals surface area contributed by atoms with Crippen molar-refractivity contribution in [1.29, 1.82) is 0 Å². The minimum absolute atomic E-state index is 0.587. The highest BCUT2D eigenvalue weighted by atomic mass is 15.1. The van der Waals surface area contributed by atoms with Gasteiger partial charge in [-0.15, -0.1) is 0 Å². The molecule has 1 atom stereocenters. The molecule has 2 heteroatoms. The molecule has 0 heterocycles. The molecule has 15 heavy (non-hydrogen) atoms. The first kappa shape index (κ1) is 14.7. The molecule has 0 aliphatic carbocycles. The quantitative estimate of drug-likeness (QED) is 0.622. The smallest absolute Gasteiger partial charge is 0.0187 e. The average molecular weight is 212 g/mol. The molecule has 0 spiro atoms. The molecule has 0 aliphatic heterocycles. The summed E-state index contributed by atoms with van der Waals surface area (Å²) in [5.41, 5.74) is 1.25. The number of hydrogen-bond acceptors (Lipinski definition) is 2. The van der Waals surface area contributed by atoms with Gasteiger partial charge < -0.3 is 5.32 Å². The second-order valence-electron chi connectivity index (χ2n) is 4.95. The molecule has 2 nitrogen and oxygen atoms in total. The summed E-state index contributed by atoms with van der Waals surface area (Å²) in [4.78, 5) is 2.45. The number of nitrogens with one attached hydrogen (secondary N) is 1. The molecule has 90 valence electrons. The van der Waals surface area contributed by atoms with Crippen LogP contribution in [0.2, 0.25) is 0 Å². The van der Waals surface area contributed by atoms with Gasteiger partial charge in [-0.05, 0) is 25.9 Å². The summed E-state index contributed by atoms with van der Waals surface area (Å²) in [6, 6.07) is 0.587. The summed E-state index contributed by atoms with van der Waals surface area (Å²) in [6.45, 7) is 19.4. The molecule has 0 amide bonds. The summed E-state index contributed by atoms with van der Waals surface area (Å²) >= 11 is 0. The largest absolute Gasteiger partial charge is 0.314 e. The van der Waals surface area contributed by atoms with E-state index in [1.807, 2.05) is 0 Å². The van der Waals surface area contributed by atoms with Gasteiger partial charge in [0, 0.05) is 19.1 Å². The van der Waals surface area contributed by atoms with Crippen LogP contribution in [0.5, 0.6) is 0 Å². The van der Waals surface area contributed by atoms with Crippen molar-refractivity contribution in [2.75, 3.05) is 26.2 Å². The van der Waals surface area contributed by atoms with E-state index < -0.39 is 0 Å². The molecular formula is C13H28N2. The van der Waals surface area contributed by atoms with Crippen LogP contribution in [-0.4, -0.2) is 37.1 Å². The van der Waals surface area contributed by atoms with Crippen molar-refractivity contribution in [2.45, 2.75) is 40.7 Å². The number of hydrogen-bond donors (Lipinski definition) is 1. The Kier molecular flexibility index (Phi) is 7.71. The Morgan fingerprint density at radius 2 is 1.93 bits per heavy atom. The zero-order valence-corrected chi connectivity index (χ0v) is 11.1. The van der Waals surface area contributed by atoms with Crippen molar-refractivity contribution < 1.29 is 0 Å². The van der Waals surface area contributed by atoms with Crippen LogP contribution in [0, 0.1) is 5.92 Å². The lowest BCUT2D eigenvalue weighted by molar-refractivity contribution is 0.261. The van der Waals surface area contributed by atoms with Gasteiger partial charge in [0.25, 0.3) is 0 Å². The van der Waals surface area contributed by atoms with Crippen molar-refractivity contribution in [3.8, 4) is 0 Å². The Balaban J connectivity index is 3.79. The molecule has 0 aliphatic rings. The van der Waals surface area contributed by atoms with E-state index in [2.05, 4.69) is 51.4 Å². The van der Waals surface area contributed by atoms with Gasteiger partial charge in [0.2, 0.25) is 0 Å². The maximum Gasteiger partial charge on any atom is 0.0187 e. The molecule has 0 saturated heterocycles. The summed E-state index contributed by atoms with van der Waals surface area (Å²) in [5, 5.41) is 3.48. The summed E-state index contributed by atoms with van der Waals surface area (Å²) in [7, 11) is 0. The molecule has 0 radical (unpaired) electrons. The van der Waals surface area contributed by atoms with E-state index in [0.29, 0.717) is 12.0 Å². The molecular weight excluding hydrogens is 184 g/mol. The summed E-state index contributed by atoms with van der Waals surface area (Å²) in [5.74, 6) is 0.701. The van der Waals surface area contributed by atoms with Gasteiger partial charge >= 0.3 is 0 Å². The third-order valence-corrected chi connectivity index (χ3v) is 2.39. The highest BCUT2D eigenvalue weighted by Crippen LogP contribution is 2.02. The Hall–Kier alpha value is -0.340. The minimum atomic E-state index is 0.587. The number of nitrogens with zero attached hydrogens (tertiary/aromatic N) is 1. The van der Waals surface area contributed by atoms with E-state index in [4.69, 9.17) is 0 Å². The second-order valence-corrected chi connectivity index (χ2v) is 4.95. The zero-order chi connectivity index (χ0) is 11.8. The number of likely N-dealkylation sites (N-methyl/N-ethyl adjacent to an activating group) is 1. The normalized spacial score (nSPS) is 13.5. The molecule has 0 rings (SSSR count). The number of rotatable bonds is 8. The van der Waals surface area contributed by atoms with Gasteiger partial charge in [-0.1, -0.05) is 39.8 Å². The van der Waals surface area contributed by atoms with Crippen LogP contribution < -0.4 is 5.32 Å². The van der Waals surface area contributed by atoms with E-state index in [1.54, 1.807) is 0 Å². The maximum atomic E-state index is 3.97. The lowest BCUT2D eigenvalue weighted by Gasteiger charge is -2.25. The Morgan fingerprint density at radius 1 is 1.33 bits per heavy atom. The average Bonchev–Trinajstić information content (AvgIpc) is 2.13. The van der Waals surface area contributed by atoms with E-state index in [-0.39, 0.29) is 0 Å². The fourth-order valence-corrected chi connectivity index (χ4v) is 1.63. The predicted octanol–water partition coefficient (Wildman–Crippen LogP) is 2.52.